The van der Waals surface area contributed by atoms with Gasteiger partial charge in [0.05, 0.1) is 5.03 Å². The van der Waals surface area contributed by atoms with Crippen molar-refractivity contribution in [3.8, 4) is 0 Å². The van der Waals surface area contributed by atoms with Gasteiger partial charge in [-0.3, -0.25) is 0 Å². The van der Waals surface area contributed by atoms with Crippen molar-refractivity contribution in [3.63, 3.8) is 0 Å². The van der Waals surface area contributed by atoms with Crippen LogP contribution in [0.5, 0.6) is 0 Å². The average molecular weight is 251 g/mol. The smallest absolute Gasteiger partial charge is 0.0991 e. The van der Waals surface area contributed by atoms with Gasteiger partial charge in [-0.2, -0.15) is 0 Å². The molecule has 94 valence electrons. The lowest BCUT2D eigenvalue weighted by Gasteiger charge is -2.21. The van der Waals surface area contributed by atoms with E-state index in [1.165, 1.54) is 42.7 Å². The molecule has 1 aromatic heterocycles. The van der Waals surface area contributed by atoms with Crippen LogP contribution in [0.4, 0.5) is 0 Å². The van der Waals surface area contributed by atoms with Crippen LogP contribution in [0.25, 0.3) is 0 Å². The molecule has 0 saturated heterocycles. The van der Waals surface area contributed by atoms with Crippen LogP contribution in [0.2, 0.25) is 0 Å². The van der Waals surface area contributed by atoms with Crippen molar-refractivity contribution >= 4 is 11.8 Å². The van der Waals surface area contributed by atoms with Gasteiger partial charge in [0.1, 0.15) is 0 Å². The molecule has 1 fully saturated rings. The van der Waals surface area contributed by atoms with Crippen LogP contribution in [0, 0.1) is 6.92 Å². The van der Waals surface area contributed by atoms with Crippen LogP contribution < -0.4 is 0 Å². The Balaban J connectivity index is 2.00. The molecule has 3 heteroatoms. The zero-order valence-electron chi connectivity index (χ0n) is 10.5. The molecule has 0 bridgehead atoms. The zero-order chi connectivity index (χ0) is 12.1. The summed E-state index contributed by atoms with van der Waals surface area (Å²) in [5.41, 5.74) is 2.39. The Hall–Kier alpha value is -0.540. The molecule has 1 N–H and O–H groups in total. The second-order valence-electron chi connectivity index (χ2n) is 4.82. The molecule has 0 radical (unpaired) electrons. The Morgan fingerprint density at radius 2 is 2.12 bits per heavy atom. The summed E-state index contributed by atoms with van der Waals surface area (Å²) < 4.78 is 0. The molecule has 17 heavy (non-hydrogen) atoms. The first-order chi connectivity index (χ1) is 8.29. The topological polar surface area (TPSA) is 33.1 Å². The van der Waals surface area contributed by atoms with Crippen molar-refractivity contribution in [1.29, 1.82) is 0 Å². The summed E-state index contributed by atoms with van der Waals surface area (Å²) in [5, 5.41) is 10.8. The summed E-state index contributed by atoms with van der Waals surface area (Å²) in [4.78, 5) is 4.54. The molecule has 0 aromatic carbocycles. The van der Waals surface area contributed by atoms with E-state index in [2.05, 4.69) is 18.0 Å². The molecule has 2 nitrogen and oxygen atoms in total. The lowest BCUT2D eigenvalue weighted by atomic mass is 10.0. The first kappa shape index (κ1) is 12.9. The largest absolute Gasteiger partial charge is 0.396 e. The van der Waals surface area contributed by atoms with E-state index in [-0.39, 0.29) is 6.61 Å². The molecule has 0 unspecified atom stereocenters. The third-order valence-electron chi connectivity index (χ3n) is 3.32. The number of thioether (sulfide) groups is 1. The van der Waals surface area contributed by atoms with Crippen LogP contribution in [0.1, 0.15) is 43.2 Å². The number of hydrogen-bond donors (Lipinski definition) is 1. The highest BCUT2D eigenvalue weighted by atomic mass is 32.2. The molecule has 0 aliphatic heterocycles. The summed E-state index contributed by atoms with van der Waals surface area (Å²) >= 11 is 1.94. The summed E-state index contributed by atoms with van der Waals surface area (Å²) in [6, 6.07) is 2.16. The van der Waals surface area contributed by atoms with E-state index in [1.54, 1.807) is 0 Å². The maximum absolute atomic E-state index is 8.91. The molecule has 1 aliphatic carbocycles. The van der Waals surface area contributed by atoms with Crippen molar-refractivity contribution in [2.75, 3.05) is 6.61 Å². The quantitative estimate of drug-likeness (QED) is 0.891. The molecule has 0 amide bonds. The van der Waals surface area contributed by atoms with Gasteiger partial charge >= 0.3 is 0 Å². The highest BCUT2D eigenvalue weighted by Crippen LogP contribution is 2.34. The maximum atomic E-state index is 8.91. The molecule has 2 rings (SSSR count). The van der Waals surface area contributed by atoms with E-state index in [4.69, 9.17) is 5.11 Å². The fourth-order valence-corrected chi connectivity index (χ4v) is 3.59. The SMILES string of the molecule is Cc1cc(CCO)cnc1SC1CCCCC1. The number of aromatic nitrogens is 1. The number of nitrogens with zero attached hydrogens (tertiary/aromatic N) is 1. The van der Waals surface area contributed by atoms with Crippen LogP contribution >= 0.6 is 11.8 Å². The molecular weight excluding hydrogens is 230 g/mol. The fraction of sp³-hybridized carbons (Fsp3) is 0.643. The molecular formula is C14H21NOS. The second-order valence-corrected chi connectivity index (χ2v) is 6.11. The Morgan fingerprint density at radius 1 is 1.35 bits per heavy atom. The van der Waals surface area contributed by atoms with Crippen molar-refractivity contribution < 1.29 is 5.11 Å². The molecule has 1 saturated carbocycles. The second kappa shape index (κ2) is 6.41. The van der Waals surface area contributed by atoms with E-state index in [0.29, 0.717) is 6.42 Å². The van der Waals surface area contributed by atoms with Gasteiger partial charge in [-0.15, -0.1) is 11.8 Å². The minimum atomic E-state index is 0.205. The predicted molar refractivity (Wildman–Crippen MR) is 72.5 cm³/mol. The number of rotatable bonds is 4. The van der Waals surface area contributed by atoms with Crippen LogP contribution in [-0.4, -0.2) is 21.9 Å². The third-order valence-corrected chi connectivity index (χ3v) is 4.77. The maximum Gasteiger partial charge on any atom is 0.0991 e. The van der Waals surface area contributed by atoms with Gasteiger partial charge in [0.15, 0.2) is 0 Å². The van der Waals surface area contributed by atoms with Crippen molar-refractivity contribution in [2.45, 2.75) is 55.7 Å². The normalized spacial score (nSPS) is 17.3. The summed E-state index contributed by atoms with van der Waals surface area (Å²) in [6.07, 6.45) is 9.45. The van der Waals surface area contributed by atoms with Gasteiger partial charge in [-0.25, -0.2) is 4.98 Å². The Labute approximate surface area is 108 Å². The van der Waals surface area contributed by atoms with Gasteiger partial charge in [-0.05, 0) is 37.3 Å². The molecule has 0 atom stereocenters. The number of aliphatic hydroxyl groups is 1. The lowest BCUT2D eigenvalue weighted by molar-refractivity contribution is 0.299. The van der Waals surface area contributed by atoms with E-state index < -0.39 is 0 Å². The average Bonchev–Trinajstić information content (AvgIpc) is 2.34. The number of aryl methyl sites for hydroxylation is 1. The Kier molecular flexibility index (Phi) is 4.86. The molecule has 1 aliphatic rings. The van der Waals surface area contributed by atoms with Gasteiger partial charge in [-0.1, -0.05) is 25.3 Å². The number of pyridine rings is 1. The predicted octanol–water partition coefficient (Wildman–Crippen LogP) is 3.35. The highest BCUT2D eigenvalue weighted by Gasteiger charge is 2.16. The van der Waals surface area contributed by atoms with Crippen molar-refractivity contribution in [2.24, 2.45) is 0 Å². The zero-order valence-corrected chi connectivity index (χ0v) is 11.3. The minimum absolute atomic E-state index is 0.205. The Morgan fingerprint density at radius 3 is 2.76 bits per heavy atom. The van der Waals surface area contributed by atoms with E-state index in [1.807, 2.05) is 18.0 Å². The number of aliphatic hydroxyl groups excluding tert-OH is 1. The van der Waals surface area contributed by atoms with Crippen LogP contribution in [0.3, 0.4) is 0 Å². The van der Waals surface area contributed by atoms with Gasteiger partial charge in [0.25, 0.3) is 0 Å². The molecule has 1 aromatic rings. The van der Waals surface area contributed by atoms with Crippen molar-refractivity contribution in [3.05, 3.63) is 23.4 Å². The third kappa shape index (κ3) is 3.71. The van der Waals surface area contributed by atoms with E-state index in [9.17, 15) is 0 Å². The van der Waals surface area contributed by atoms with Gasteiger partial charge in [0.2, 0.25) is 0 Å². The minimum Gasteiger partial charge on any atom is -0.396 e. The molecule has 1 heterocycles. The van der Waals surface area contributed by atoms with Gasteiger partial charge < -0.3 is 5.11 Å². The van der Waals surface area contributed by atoms with E-state index in [0.717, 1.165) is 10.8 Å². The lowest BCUT2D eigenvalue weighted by Crippen LogP contribution is -2.08. The monoisotopic (exact) mass is 251 g/mol. The van der Waals surface area contributed by atoms with Gasteiger partial charge in [0, 0.05) is 18.1 Å². The summed E-state index contributed by atoms with van der Waals surface area (Å²) in [5.74, 6) is 0. The number of hydrogen-bond acceptors (Lipinski definition) is 3. The highest BCUT2D eigenvalue weighted by molar-refractivity contribution is 7.99. The standard InChI is InChI=1S/C14H21NOS/c1-11-9-12(7-8-16)10-15-14(11)17-13-5-3-2-4-6-13/h9-10,13,16H,2-8H2,1H3. The van der Waals surface area contributed by atoms with E-state index >= 15 is 0 Å². The fourth-order valence-electron chi connectivity index (χ4n) is 2.35. The van der Waals surface area contributed by atoms with Crippen molar-refractivity contribution in [1.82, 2.24) is 4.98 Å². The first-order valence-electron chi connectivity index (χ1n) is 6.52. The summed E-state index contributed by atoms with van der Waals surface area (Å²) in [7, 11) is 0. The van der Waals surface area contributed by atoms with Crippen LogP contribution in [-0.2, 0) is 6.42 Å². The van der Waals surface area contributed by atoms with Crippen LogP contribution in [0.15, 0.2) is 17.3 Å². The summed E-state index contributed by atoms with van der Waals surface area (Å²) in [6.45, 7) is 2.33. The first-order valence-corrected chi connectivity index (χ1v) is 7.40. The molecule has 0 spiro atoms. The Bertz CT molecular complexity index is 361.